The topological polar surface area (TPSA) is 105 Å². The number of hydrogen-bond acceptors (Lipinski definition) is 13. The fourth-order valence-corrected chi connectivity index (χ4v) is 9.75. The zero-order chi connectivity index (χ0) is 30.9. The maximum absolute atomic E-state index is 13.4. The number of carbonyl (C=O) groups is 1. The van der Waals surface area contributed by atoms with Gasteiger partial charge in [-0.05, 0) is 47.5 Å². The predicted octanol–water partition coefficient (Wildman–Crippen LogP) is 6.73. The van der Waals surface area contributed by atoms with Gasteiger partial charge < -0.3 is 38.4 Å². The molecule has 13 heteroatoms. The number of thiophene rings is 3. The zero-order valence-corrected chi connectivity index (χ0v) is 27.9. The van der Waals surface area contributed by atoms with E-state index < -0.39 is 16.5 Å². The highest BCUT2D eigenvalue weighted by Crippen LogP contribution is 2.61. The summed E-state index contributed by atoms with van der Waals surface area (Å²) in [6.45, 7) is 12.5. The minimum Gasteiger partial charge on any atom is -0.487 e. The fraction of sp³-hybridized carbons (Fsp3) is 0.581. The Kier molecular flexibility index (Phi) is 7.47. The molecule has 0 spiro atoms. The van der Waals surface area contributed by atoms with E-state index >= 15 is 0 Å². The molecule has 0 atom stereocenters. The maximum Gasteiger partial charge on any atom is 0.309 e. The van der Waals surface area contributed by atoms with Crippen LogP contribution in [-0.2, 0) is 9.53 Å². The number of esters is 1. The van der Waals surface area contributed by atoms with E-state index in [0.29, 0.717) is 62.3 Å². The van der Waals surface area contributed by atoms with Crippen molar-refractivity contribution in [3.8, 4) is 54.0 Å². The Morgan fingerprint density at radius 1 is 0.773 bits per heavy atom. The lowest BCUT2D eigenvalue weighted by atomic mass is 9.75. The molecule has 10 nitrogen and oxygen atoms in total. The van der Waals surface area contributed by atoms with Gasteiger partial charge in [-0.15, -0.1) is 34.0 Å². The van der Waals surface area contributed by atoms with Crippen molar-refractivity contribution in [3.63, 3.8) is 0 Å². The van der Waals surface area contributed by atoms with E-state index in [9.17, 15) is 10.0 Å². The molecule has 0 bridgehead atoms. The van der Waals surface area contributed by atoms with Crippen molar-refractivity contribution < 1.29 is 43.2 Å². The van der Waals surface area contributed by atoms with Crippen LogP contribution in [0.25, 0.3) is 19.5 Å². The van der Waals surface area contributed by atoms with Crippen LogP contribution in [-0.4, -0.2) is 73.6 Å². The highest BCUT2D eigenvalue weighted by Gasteiger charge is 2.48. The lowest BCUT2D eigenvalue weighted by Gasteiger charge is -2.50. The Bertz CT molecular complexity index is 1470. The van der Waals surface area contributed by atoms with E-state index in [2.05, 4.69) is 0 Å². The number of fused-ring (bicyclic) bond motifs is 3. The highest BCUT2D eigenvalue weighted by molar-refractivity contribution is 7.27. The number of nitrogens with zero attached hydrogens (tertiary/aromatic N) is 1. The second-order valence-corrected chi connectivity index (χ2v) is 16.1. The lowest BCUT2D eigenvalue weighted by molar-refractivity contribution is -0.252. The average molecular weight is 664 g/mol. The van der Waals surface area contributed by atoms with Gasteiger partial charge in [0.2, 0.25) is 0 Å². The number of rotatable bonds is 5. The minimum absolute atomic E-state index is 0.140. The van der Waals surface area contributed by atoms with Crippen LogP contribution in [0.4, 0.5) is 0 Å². The van der Waals surface area contributed by atoms with Crippen molar-refractivity contribution in [2.75, 3.05) is 46.2 Å². The van der Waals surface area contributed by atoms with Gasteiger partial charge in [-0.1, -0.05) is 0 Å². The predicted molar refractivity (Wildman–Crippen MR) is 167 cm³/mol. The van der Waals surface area contributed by atoms with Crippen LogP contribution in [0.1, 0.15) is 47.5 Å². The third kappa shape index (κ3) is 5.20. The van der Waals surface area contributed by atoms with Crippen molar-refractivity contribution >= 4 is 40.0 Å². The van der Waals surface area contributed by atoms with E-state index in [-0.39, 0.29) is 31.7 Å². The molecule has 1 saturated heterocycles. The standard InChI is InChI=1S/C31H37NO9S3/c1-29(2)10-17(11-30(3,4)32(29)34)28(33)41-16-31(5)14-39-22-23(40-15-31)27(25-21-19(13-43-25)36-7-9-38-21)44-26(22)24-20-18(12-42-24)35-6-8-37-20/h12-13,17,34H,6-11,14-16H2,1-5H3. The number of carbonyl (C=O) groups excluding carboxylic acids is 1. The summed E-state index contributed by atoms with van der Waals surface area (Å²) in [6.07, 6.45) is 1.01. The zero-order valence-electron chi connectivity index (χ0n) is 25.5. The molecule has 4 aliphatic rings. The van der Waals surface area contributed by atoms with Gasteiger partial charge in [-0.2, -0.15) is 5.06 Å². The van der Waals surface area contributed by atoms with Crippen LogP contribution < -0.4 is 28.4 Å². The second-order valence-electron chi connectivity index (χ2n) is 13.4. The molecule has 0 amide bonds. The summed E-state index contributed by atoms with van der Waals surface area (Å²) in [6, 6.07) is 0. The van der Waals surface area contributed by atoms with Crippen molar-refractivity contribution in [1.82, 2.24) is 5.06 Å². The lowest BCUT2D eigenvalue weighted by Crippen LogP contribution is -2.60. The summed E-state index contributed by atoms with van der Waals surface area (Å²) >= 11 is 4.67. The fourth-order valence-electron chi connectivity index (χ4n) is 6.42. The van der Waals surface area contributed by atoms with Crippen molar-refractivity contribution in [1.29, 1.82) is 0 Å². The molecule has 3 aromatic rings. The van der Waals surface area contributed by atoms with E-state index in [4.69, 9.17) is 33.2 Å². The smallest absolute Gasteiger partial charge is 0.309 e. The molecule has 0 aromatic carbocycles. The van der Waals surface area contributed by atoms with Crippen molar-refractivity contribution in [2.24, 2.45) is 11.3 Å². The molecule has 238 valence electrons. The van der Waals surface area contributed by atoms with E-state index in [1.807, 2.05) is 45.4 Å². The number of piperidine rings is 1. The van der Waals surface area contributed by atoms with Gasteiger partial charge in [0, 0.05) is 21.8 Å². The molecule has 0 unspecified atom stereocenters. The first-order chi connectivity index (χ1) is 21.0. The quantitative estimate of drug-likeness (QED) is 0.296. The van der Waals surface area contributed by atoms with Crippen LogP contribution in [0.3, 0.4) is 0 Å². The second kappa shape index (κ2) is 11.0. The molecule has 7 rings (SSSR count). The van der Waals surface area contributed by atoms with Gasteiger partial charge in [0.15, 0.2) is 34.5 Å². The van der Waals surface area contributed by atoms with Crippen LogP contribution in [0, 0.1) is 11.3 Å². The van der Waals surface area contributed by atoms with Crippen LogP contribution in [0.15, 0.2) is 10.8 Å². The summed E-state index contributed by atoms with van der Waals surface area (Å²) in [5.41, 5.74) is -1.70. The third-order valence-electron chi connectivity index (χ3n) is 8.50. The van der Waals surface area contributed by atoms with Crippen molar-refractivity contribution in [3.05, 3.63) is 10.8 Å². The Balaban J connectivity index is 1.16. The molecule has 44 heavy (non-hydrogen) atoms. The van der Waals surface area contributed by atoms with E-state index in [1.165, 1.54) is 5.06 Å². The van der Waals surface area contributed by atoms with Crippen LogP contribution >= 0.6 is 34.0 Å². The van der Waals surface area contributed by atoms with Gasteiger partial charge >= 0.3 is 5.97 Å². The Morgan fingerprint density at radius 3 is 1.75 bits per heavy atom. The molecular formula is C31H37NO9S3. The first kappa shape index (κ1) is 30.0. The van der Waals surface area contributed by atoms with Gasteiger partial charge in [-0.25, -0.2) is 0 Å². The normalized spacial score (nSPS) is 21.9. The van der Waals surface area contributed by atoms with Crippen LogP contribution in [0.2, 0.25) is 0 Å². The van der Waals surface area contributed by atoms with Gasteiger partial charge in [0.05, 0.1) is 30.8 Å². The van der Waals surface area contributed by atoms with Crippen LogP contribution in [0.5, 0.6) is 34.5 Å². The number of ether oxygens (including phenoxy) is 7. The Hall–Kier alpha value is -2.71. The van der Waals surface area contributed by atoms with E-state index in [1.54, 1.807) is 34.0 Å². The summed E-state index contributed by atoms with van der Waals surface area (Å²) in [4.78, 5) is 17.0. The third-order valence-corrected chi connectivity index (χ3v) is 11.9. The molecule has 7 heterocycles. The average Bonchev–Trinajstić information content (AvgIpc) is 3.68. The Morgan fingerprint density at radius 2 is 1.25 bits per heavy atom. The molecule has 0 aliphatic carbocycles. The molecule has 0 saturated carbocycles. The minimum atomic E-state index is -0.605. The summed E-state index contributed by atoms with van der Waals surface area (Å²) in [7, 11) is 0. The Labute approximate surface area is 268 Å². The monoisotopic (exact) mass is 663 g/mol. The summed E-state index contributed by atoms with van der Waals surface area (Å²) in [5.74, 6) is 3.59. The molecular weight excluding hydrogens is 627 g/mol. The molecule has 1 fully saturated rings. The summed E-state index contributed by atoms with van der Waals surface area (Å²) < 4.78 is 42.9. The van der Waals surface area contributed by atoms with Crippen molar-refractivity contribution in [2.45, 2.75) is 58.5 Å². The van der Waals surface area contributed by atoms with E-state index in [0.717, 1.165) is 31.0 Å². The number of hydroxylamine groups is 2. The van der Waals surface area contributed by atoms with Gasteiger partial charge in [-0.3, -0.25) is 4.79 Å². The van der Waals surface area contributed by atoms with Gasteiger partial charge in [0.25, 0.3) is 0 Å². The first-order valence-corrected chi connectivity index (χ1v) is 17.4. The maximum atomic E-state index is 13.4. The molecule has 3 aromatic heterocycles. The summed E-state index contributed by atoms with van der Waals surface area (Å²) in [5, 5.41) is 16.0. The molecule has 0 radical (unpaired) electrons. The molecule has 4 aliphatic heterocycles. The number of hydrogen-bond donors (Lipinski definition) is 1. The van der Waals surface area contributed by atoms with Gasteiger partial charge in [0.1, 0.15) is 46.2 Å². The molecule has 1 N–H and O–H groups in total. The SMILES string of the molecule is CC1(COC(=O)C2CC(C)(C)N(O)C(C)(C)C2)COc2c(-c3scc4c3OCCO4)sc(-c3scc4c3OCCO4)c2OC1. The first-order valence-electron chi connectivity index (χ1n) is 14.8. The largest absolute Gasteiger partial charge is 0.487 e. The highest BCUT2D eigenvalue weighted by atomic mass is 32.1.